The van der Waals surface area contributed by atoms with Gasteiger partial charge in [0.05, 0.1) is 12.0 Å². The summed E-state index contributed by atoms with van der Waals surface area (Å²) in [5, 5.41) is 10.3. The number of aliphatic imine (C=N–C) groups is 1. The van der Waals surface area contributed by atoms with E-state index in [-0.39, 0.29) is 22.8 Å². The Hall–Kier alpha value is -1.49. The van der Waals surface area contributed by atoms with Crippen LogP contribution in [0.2, 0.25) is 0 Å². The van der Waals surface area contributed by atoms with E-state index in [1.165, 1.54) is 29.5 Å². The fraction of sp³-hybridized carbons (Fsp3) is 0.652. The fourth-order valence-electron chi connectivity index (χ4n) is 4.84. The van der Waals surface area contributed by atoms with Gasteiger partial charge in [-0.1, -0.05) is 57.7 Å². The molecule has 1 atom stereocenters. The van der Waals surface area contributed by atoms with Crippen molar-refractivity contribution in [2.24, 2.45) is 10.9 Å². The zero-order valence-corrected chi connectivity index (χ0v) is 18.3. The molecule has 28 heavy (non-hydrogen) atoms. The van der Waals surface area contributed by atoms with Gasteiger partial charge < -0.3 is 10.0 Å². The number of likely N-dealkylation sites (tertiary alicyclic amines) is 1. The minimum absolute atomic E-state index is 0.190. The molecule has 3 aliphatic rings. The van der Waals surface area contributed by atoms with Crippen LogP contribution < -0.4 is 0 Å². The average molecular weight is 401 g/mol. The minimum Gasteiger partial charge on any atom is -0.481 e. The molecule has 1 N–H and O–H groups in total. The molecule has 4 nitrogen and oxygen atoms in total. The van der Waals surface area contributed by atoms with E-state index in [2.05, 4.69) is 50.8 Å². The van der Waals surface area contributed by atoms with Crippen molar-refractivity contribution in [1.82, 2.24) is 4.90 Å². The Balaban J connectivity index is 1.54. The van der Waals surface area contributed by atoms with Crippen LogP contribution in [0.15, 0.2) is 23.2 Å². The molecule has 1 aromatic carbocycles. The number of rotatable bonds is 2. The second-order valence-corrected chi connectivity index (χ2v) is 10.9. The van der Waals surface area contributed by atoms with Crippen LogP contribution in [0, 0.1) is 5.92 Å². The van der Waals surface area contributed by atoms with Gasteiger partial charge in [-0.3, -0.25) is 9.79 Å². The van der Waals surface area contributed by atoms with Gasteiger partial charge in [-0.05, 0) is 53.2 Å². The monoisotopic (exact) mass is 400 g/mol. The predicted octanol–water partition coefficient (Wildman–Crippen LogP) is 4.98. The van der Waals surface area contributed by atoms with E-state index in [0.29, 0.717) is 0 Å². The average Bonchev–Trinajstić information content (AvgIpc) is 3.15. The van der Waals surface area contributed by atoms with E-state index in [1.807, 2.05) is 11.8 Å². The van der Waals surface area contributed by atoms with E-state index in [1.54, 1.807) is 0 Å². The lowest BCUT2D eigenvalue weighted by Crippen LogP contribution is -2.38. The number of amidine groups is 1. The van der Waals surface area contributed by atoms with Crippen LogP contribution in [0.4, 0.5) is 0 Å². The summed E-state index contributed by atoms with van der Waals surface area (Å²) in [6.45, 7) is 11.1. The first kappa shape index (κ1) is 19.8. The van der Waals surface area contributed by atoms with Gasteiger partial charge in [-0.15, -0.1) is 0 Å². The molecular formula is C23H32N2O2S. The predicted molar refractivity (Wildman–Crippen MR) is 116 cm³/mol. The highest BCUT2D eigenvalue weighted by Crippen LogP contribution is 2.47. The van der Waals surface area contributed by atoms with Crippen molar-refractivity contribution in [2.45, 2.75) is 70.3 Å². The van der Waals surface area contributed by atoms with Crippen molar-refractivity contribution < 1.29 is 9.90 Å². The van der Waals surface area contributed by atoms with Crippen molar-refractivity contribution in [3.8, 4) is 0 Å². The number of carboxylic acid groups (broad SMARTS) is 1. The molecule has 1 aromatic rings. The molecule has 1 fully saturated rings. The van der Waals surface area contributed by atoms with E-state index in [4.69, 9.17) is 4.99 Å². The number of nitrogens with zero attached hydrogens (tertiary/aromatic N) is 2. The minimum atomic E-state index is -0.655. The highest BCUT2D eigenvalue weighted by molar-refractivity contribution is 8.14. The van der Waals surface area contributed by atoms with Crippen molar-refractivity contribution in [3.05, 3.63) is 34.9 Å². The number of fused-ring (bicyclic) bond motifs is 1. The molecule has 0 bridgehead atoms. The Labute approximate surface area is 172 Å². The lowest BCUT2D eigenvalue weighted by Gasteiger charge is -2.42. The molecule has 1 saturated heterocycles. The van der Waals surface area contributed by atoms with Gasteiger partial charge >= 0.3 is 5.97 Å². The highest BCUT2D eigenvalue weighted by Gasteiger charge is 2.38. The number of piperidine rings is 1. The number of hydrogen-bond donors (Lipinski definition) is 1. The summed E-state index contributed by atoms with van der Waals surface area (Å²) in [6.07, 6.45) is 3.91. The number of carbonyl (C=O) groups is 1. The van der Waals surface area contributed by atoms with Crippen LogP contribution >= 0.6 is 11.8 Å². The standard InChI is InChI=1S/C23H32N2O2S/c1-22(2)9-10-23(3,4)18-13-16(5-6-17(18)22)19-14-28-21(24-19)25-11-7-15(8-12-25)20(26)27/h5-6,13,15,19H,7-12,14H2,1-4H3,(H,26,27). The SMILES string of the molecule is CC1(C)CCC(C)(C)c2cc(C3CSC(N4CCC(C(=O)O)CC4)=N3)ccc21. The third-order valence-corrected chi connectivity index (χ3v) is 8.12. The lowest BCUT2D eigenvalue weighted by atomic mass is 9.63. The van der Waals surface area contributed by atoms with E-state index in [0.717, 1.165) is 36.9 Å². The fourth-order valence-corrected chi connectivity index (χ4v) is 5.98. The summed E-state index contributed by atoms with van der Waals surface area (Å²) in [5.41, 5.74) is 4.79. The third kappa shape index (κ3) is 3.58. The highest BCUT2D eigenvalue weighted by atomic mass is 32.2. The molecule has 152 valence electrons. The van der Waals surface area contributed by atoms with Gasteiger partial charge in [0.15, 0.2) is 5.17 Å². The Bertz CT molecular complexity index is 807. The van der Waals surface area contributed by atoms with Gasteiger partial charge in [0.25, 0.3) is 0 Å². The Morgan fingerprint density at radius 2 is 1.75 bits per heavy atom. The largest absolute Gasteiger partial charge is 0.481 e. The second-order valence-electron chi connectivity index (χ2n) is 9.91. The van der Waals surface area contributed by atoms with Crippen molar-refractivity contribution in [1.29, 1.82) is 0 Å². The van der Waals surface area contributed by atoms with Crippen LogP contribution in [-0.4, -0.2) is 40.0 Å². The Kier molecular flexibility index (Phi) is 5.01. The molecule has 0 radical (unpaired) electrons. The summed E-state index contributed by atoms with van der Waals surface area (Å²) in [6, 6.07) is 7.27. The number of benzene rings is 1. The van der Waals surface area contributed by atoms with Crippen molar-refractivity contribution >= 4 is 22.9 Å². The summed E-state index contributed by atoms with van der Waals surface area (Å²) in [5.74, 6) is 0.139. The maximum absolute atomic E-state index is 11.2. The molecule has 2 heterocycles. The number of aliphatic carboxylic acids is 1. The van der Waals surface area contributed by atoms with Crippen LogP contribution in [0.5, 0.6) is 0 Å². The first-order chi connectivity index (χ1) is 13.2. The molecule has 2 aliphatic heterocycles. The van der Waals surface area contributed by atoms with Gasteiger partial charge in [-0.25, -0.2) is 0 Å². The summed E-state index contributed by atoms with van der Waals surface area (Å²) in [4.78, 5) is 18.5. The zero-order chi connectivity index (χ0) is 20.1. The van der Waals surface area contributed by atoms with Gasteiger partial charge in [0, 0.05) is 18.8 Å². The second kappa shape index (κ2) is 7.08. The molecule has 4 rings (SSSR count). The van der Waals surface area contributed by atoms with Crippen LogP contribution in [0.3, 0.4) is 0 Å². The molecule has 1 aliphatic carbocycles. The van der Waals surface area contributed by atoms with E-state index in [9.17, 15) is 9.90 Å². The Morgan fingerprint density at radius 3 is 2.39 bits per heavy atom. The first-order valence-corrected chi connectivity index (χ1v) is 11.5. The quantitative estimate of drug-likeness (QED) is 0.761. The van der Waals surface area contributed by atoms with Gasteiger partial charge in [0.2, 0.25) is 0 Å². The van der Waals surface area contributed by atoms with Crippen LogP contribution in [0.25, 0.3) is 0 Å². The molecular weight excluding hydrogens is 368 g/mol. The normalized spacial score (nSPS) is 26.6. The first-order valence-electron chi connectivity index (χ1n) is 10.5. The molecule has 0 aromatic heterocycles. The molecule has 0 amide bonds. The van der Waals surface area contributed by atoms with Crippen molar-refractivity contribution in [3.63, 3.8) is 0 Å². The van der Waals surface area contributed by atoms with Crippen LogP contribution in [-0.2, 0) is 15.6 Å². The number of carboxylic acids is 1. The third-order valence-electron chi connectivity index (χ3n) is 7.01. The maximum atomic E-state index is 11.2. The smallest absolute Gasteiger partial charge is 0.306 e. The Morgan fingerprint density at radius 1 is 1.11 bits per heavy atom. The number of hydrogen-bond acceptors (Lipinski definition) is 4. The number of thioether (sulfide) groups is 1. The van der Waals surface area contributed by atoms with Gasteiger partial charge in [0.1, 0.15) is 0 Å². The van der Waals surface area contributed by atoms with E-state index < -0.39 is 5.97 Å². The maximum Gasteiger partial charge on any atom is 0.306 e. The molecule has 0 saturated carbocycles. The zero-order valence-electron chi connectivity index (χ0n) is 17.5. The summed E-state index contributed by atoms with van der Waals surface area (Å²) >= 11 is 1.83. The topological polar surface area (TPSA) is 52.9 Å². The summed E-state index contributed by atoms with van der Waals surface area (Å²) < 4.78 is 0. The summed E-state index contributed by atoms with van der Waals surface area (Å²) in [7, 11) is 0. The van der Waals surface area contributed by atoms with Gasteiger partial charge in [-0.2, -0.15) is 0 Å². The molecule has 1 unspecified atom stereocenters. The van der Waals surface area contributed by atoms with E-state index >= 15 is 0 Å². The van der Waals surface area contributed by atoms with Crippen LogP contribution in [0.1, 0.15) is 76.1 Å². The lowest BCUT2D eigenvalue weighted by molar-refractivity contribution is -0.143. The molecule has 5 heteroatoms. The molecule has 0 spiro atoms. The van der Waals surface area contributed by atoms with Crippen molar-refractivity contribution in [2.75, 3.05) is 18.8 Å².